The molecule has 1 aliphatic rings. The Hall–Kier alpha value is -3.08. The van der Waals surface area contributed by atoms with E-state index >= 15 is 0 Å². The van der Waals surface area contributed by atoms with Crippen molar-refractivity contribution < 1.29 is 9.53 Å². The van der Waals surface area contributed by atoms with Crippen LogP contribution in [0.25, 0.3) is 5.69 Å². The van der Waals surface area contributed by atoms with Crippen LogP contribution >= 0.6 is 0 Å². The molecule has 0 aliphatic carbocycles. The number of amides is 1. The predicted octanol–water partition coefficient (Wildman–Crippen LogP) is 4.60. The summed E-state index contributed by atoms with van der Waals surface area (Å²) in [5.41, 5.74) is 4.28. The highest BCUT2D eigenvalue weighted by atomic mass is 16.5. The minimum Gasteiger partial charge on any atom is -0.494 e. The maximum atomic E-state index is 12.8. The molecule has 0 saturated carbocycles. The third-order valence-electron chi connectivity index (χ3n) is 5.53. The van der Waals surface area contributed by atoms with Crippen LogP contribution in [0, 0.1) is 6.92 Å². The van der Waals surface area contributed by atoms with Crippen molar-refractivity contribution in [2.75, 3.05) is 19.7 Å². The van der Waals surface area contributed by atoms with Gasteiger partial charge in [-0.05, 0) is 80.1 Å². The first-order valence-electron chi connectivity index (χ1n) is 10.3. The van der Waals surface area contributed by atoms with Crippen molar-refractivity contribution >= 4 is 5.91 Å². The number of nitrogens with zero attached hydrogens (tertiary/aromatic N) is 3. The number of rotatable bonds is 5. The second kappa shape index (κ2) is 8.52. The molecule has 2 heterocycles. The van der Waals surface area contributed by atoms with Crippen LogP contribution < -0.4 is 4.74 Å². The average Bonchev–Trinajstić information content (AvgIpc) is 3.25. The van der Waals surface area contributed by atoms with Crippen LogP contribution in [0.5, 0.6) is 5.75 Å². The van der Waals surface area contributed by atoms with Gasteiger partial charge in [0.05, 0.1) is 18.5 Å². The van der Waals surface area contributed by atoms with E-state index in [0.29, 0.717) is 12.5 Å². The molecule has 0 atom stereocenters. The van der Waals surface area contributed by atoms with Crippen molar-refractivity contribution in [1.29, 1.82) is 0 Å². The van der Waals surface area contributed by atoms with Gasteiger partial charge < -0.3 is 9.64 Å². The third-order valence-corrected chi connectivity index (χ3v) is 5.53. The van der Waals surface area contributed by atoms with Gasteiger partial charge in [-0.3, -0.25) is 4.79 Å². The maximum absolute atomic E-state index is 12.8. The summed E-state index contributed by atoms with van der Waals surface area (Å²) >= 11 is 0. The van der Waals surface area contributed by atoms with Crippen LogP contribution in [0.2, 0.25) is 0 Å². The van der Waals surface area contributed by atoms with E-state index in [0.717, 1.165) is 42.9 Å². The topological polar surface area (TPSA) is 47.4 Å². The maximum Gasteiger partial charge on any atom is 0.253 e. The summed E-state index contributed by atoms with van der Waals surface area (Å²) in [6.45, 7) is 6.21. The fourth-order valence-corrected chi connectivity index (χ4v) is 3.92. The van der Waals surface area contributed by atoms with Crippen LogP contribution in [-0.2, 0) is 0 Å². The summed E-state index contributed by atoms with van der Waals surface area (Å²) in [5, 5.41) is 4.55. The number of benzene rings is 2. The lowest BCUT2D eigenvalue weighted by atomic mass is 9.91. The number of hydrogen-bond acceptors (Lipinski definition) is 3. The number of ether oxygens (including phenoxy) is 1. The minimum absolute atomic E-state index is 0.0990. The van der Waals surface area contributed by atoms with E-state index in [4.69, 9.17) is 4.74 Å². The highest BCUT2D eigenvalue weighted by Gasteiger charge is 2.25. The van der Waals surface area contributed by atoms with E-state index in [1.165, 1.54) is 11.1 Å². The molecule has 1 aliphatic heterocycles. The van der Waals surface area contributed by atoms with Crippen molar-refractivity contribution in [2.24, 2.45) is 0 Å². The van der Waals surface area contributed by atoms with E-state index in [1.807, 2.05) is 47.0 Å². The zero-order chi connectivity index (χ0) is 20.2. The molecule has 5 nitrogen and oxygen atoms in total. The Morgan fingerprint density at radius 2 is 1.90 bits per heavy atom. The van der Waals surface area contributed by atoms with Crippen molar-refractivity contribution in [1.82, 2.24) is 14.7 Å². The first-order chi connectivity index (χ1) is 14.1. The standard InChI is InChI=1S/C24H27N3O2/c1-3-29-23-9-7-20(8-10-23)24(28)26-13-11-19(12-14-26)21-16-25-27(17-21)22-6-4-5-18(2)15-22/h4-10,15-17,19H,3,11-14H2,1-2H3. The first-order valence-corrected chi connectivity index (χ1v) is 10.3. The number of carbonyl (C=O) groups is 1. The van der Waals surface area contributed by atoms with Crippen LogP contribution in [-0.4, -0.2) is 40.3 Å². The van der Waals surface area contributed by atoms with Gasteiger partial charge in [-0.2, -0.15) is 5.10 Å². The molecule has 1 amide bonds. The summed E-state index contributed by atoms with van der Waals surface area (Å²) in [5.74, 6) is 1.34. The van der Waals surface area contributed by atoms with Gasteiger partial charge in [0.1, 0.15) is 5.75 Å². The zero-order valence-corrected chi connectivity index (χ0v) is 17.0. The Morgan fingerprint density at radius 3 is 2.59 bits per heavy atom. The van der Waals surface area contributed by atoms with Gasteiger partial charge in [-0.25, -0.2) is 4.68 Å². The van der Waals surface area contributed by atoms with Gasteiger partial charge in [0, 0.05) is 24.8 Å². The summed E-state index contributed by atoms with van der Waals surface area (Å²) in [7, 11) is 0. The molecule has 2 aromatic carbocycles. The van der Waals surface area contributed by atoms with Crippen molar-refractivity contribution in [3.05, 3.63) is 77.6 Å². The highest BCUT2D eigenvalue weighted by molar-refractivity contribution is 5.94. The van der Waals surface area contributed by atoms with Crippen molar-refractivity contribution in [2.45, 2.75) is 32.6 Å². The molecule has 0 bridgehead atoms. The Kier molecular flexibility index (Phi) is 5.65. The van der Waals surface area contributed by atoms with E-state index in [1.54, 1.807) is 0 Å². The van der Waals surface area contributed by atoms with Gasteiger partial charge in [0.2, 0.25) is 0 Å². The Morgan fingerprint density at radius 1 is 1.14 bits per heavy atom. The summed E-state index contributed by atoms with van der Waals surface area (Å²) in [6.07, 6.45) is 6.02. The fraction of sp³-hybridized carbons (Fsp3) is 0.333. The lowest BCUT2D eigenvalue weighted by Crippen LogP contribution is -2.37. The fourth-order valence-electron chi connectivity index (χ4n) is 3.92. The van der Waals surface area contributed by atoms with E-state index in [9.17, 15) is 4.79 Å². The zero-order valence-electron chi connectivity index (χ0n) is 17.0. The number of aryl methyl sites for hydroxylation is 1. The number of hydrogen-bond donors (Lipinski definition) is 0. The Bertz CT molecular complexity index is 970. The highest BCUT2D eigenvalue weighted by Crippen LogP contribution is 2.29. The molecule has 0 radical (unpaired) electrons. The molecule has 4 rings (SSSR count). The van der Waals surface area contributed by atoms with Gasteiger partial charge in [-0.1, -0.05) is 12.1 Å². The van der Waals surface area contributed by atoms with E-state index in [-0.39, 0.29) is 5.91 Å². The molecule has 1 fully saturated rings. The molecular weight excluding hydrogens is 362 g/mol. The van der Waals surface area contributed by atoms with Crippen LogP contribution in [0.1, 0.15) is 47.2 Å². The first kappa shape index (κ1) is 19.2. The predicted molar refractivity (Wildman–Crippen MR) is 114 cm³/mol. The lowest BCUT2D eigenvalue weighted by molar-refractivity contribution is 0.0713. The Balaban J connectivity index is 1.37. The largest absolute Gasteiger partial charge is 0.494 e. The molecule has 1 saturated heterocycles. The normalized spacial score (nSPS) is 14.8. The second-order valence-corrected chi connectivity index (χ2v) is 7.58. The van der Waals surface area contributed by atoms with Gasteiger partial charge >= 0.3 is 0 Å². The second-order valence-electron chi connectivity index (χ2n) is 7.58. The monoisotopic (exact) mass is 389 g/mol. The lowest BCUT2D eigenvalue weighted by Gasteiger charge is -2.31. The Labute approximate surface area is 171 Å². The number of carbonyl (C=O) groups excluding carboxylic acids is 1. The summed E-state index contributed by atoms with van der Waals surface area (Å²) < 4.78 is 7.40. The van der Waals surface area contributed by atoms with E-state index in [2.05, 4.69) is 42.5 Å². The van der Waals surface area contributed by atoms with E-state index < -0.39 is 0 Å². The summed E-state index contributed by atoms with van der Waals surface area (Å²) in [6, 6.07) is 15.8. The number of likely N-dealkylation sites (tertiary alicyclic amines) is 1. The molecule has 29 heavy (non-hydrogen) atoms. The van der Waals surface area contributed by atoms with Gasteiger partial charge in [0.15, 0.2) is 0 Å². The number of piperidine rings is 1. The smallest absolute Gasteiger partial charge is 0.253 e. The van der Waals surface area contributed by atoms with Crippen molar-refractivity contribution in [3.63, 3.8) is 0 Å². The summed E-state index contributed by atoms with van der Waals surface area (Å²) in [4.78, 5) is 14.8. The van der Waals surface area contributed by atoms with Crippen LogP contribution in [0.3, 0.4) is 0 Å². The molecule has 3 aromatic rings. The molecule has 150 valence electrons. The molecular formula is C24H27N3O2. The molecule has 0 N–H and O–H groups in total. The molecule has 0 spiro atoms. The van der Waals surface area contributed by atoms with Crippen LogP contribution in [0.4, 0.5) is 0 Å². The molecule has 0 unspecified atom stereocenters. The minimum atomic E-state index is 0.0990. The number of aromatic nitrogens is 2. The average molecular weight is 389 g/mol. The quantitative estimate of drug-likeness (QED) is 0.641. The SMILES string of the molecule is CCOc1ccc(C(=O)N2CCC(c3cnn(-c4cccc(C)c4)c3)CC2)cc1. The molecule has 5 heteroatoms. The third kappa shape index (κ3) is 4.34. The van der Waals surface area contributed by atoms with Crippen molar-refractivity contribution in [3.8, 4) is 11.4 Å². The molecule has 1 aromatic heterocycles. The van der Waals surface area contributed by atoms with Gasteiger partial charge in [-0.15, -0.1) is 0 Å². The van der Waals surface area contributed by atoms with Crippen LogP contribution in [0.15, 0.2) is 60.9 Å². The van der Waals surface area contributed by atoms with Gasteiger partial charge in [0.25, 0.3) is 5.91 Å².